The molecule has 1 aliphatic carbocycles. The third kappa shape index (κ3) is 1.52. The van der Waals surface area contributed by atoms with E-state index in [-0.39, 0.29) is 0 Å². The van der Waals surface area contributed by atoms with Gasteiger partial charge in [0, 0.05) is 5.69 Å². The summed E-state index contributed by atoms with van der Waals surface area (Å²) in [6.07, 6.45) is 3.58. The fourth-order valence-electron chi connectivity index (χ4n) is 1.40. The van der Waals surface area contributed by atoms with E-state index in [2.05, 4.69) is 0 Å². The van der Waals surface area contributed by atoms with Gasteiger partial charge in [-0.15, -0.1) is 0 Å². The van der Waals surface area contributed by atoms with Gasteiger partial charge in [-0.1, -0.05) is 0 Å². The van der Waals surface area contributed by atoms with Crippen LogP contribution in [0.1, 0.15) is 18.4 Å². The Morgan fingerprint density at radius 2 is 2.17 bits per heavy atom. The first-order chi connectivity index (χ1) is 5.75. The van der Waals surface area contributed by atoms with Gasteiger partial charge in [0.05, 0.1) is 0 Å². The largest absolute Gasteiger partial charge is 0.508 e. The first-order valence-electron chi connectivity index (χ1n) is 4.33. The number of nitrogens with two attached hydrogens (primary N) is 1. The average Bonchev–Trinajstić information content (AvgIpc) is 2.81. The lowest BCUT2D eigenvalue weighted by Crippen LogP contribution is -1.91. The molecule has 1 aromatic rings. The van der Waals surface area contributed by atoms with Crippen LogP contribution in [0.4, 0.5) is 5.69 Å². The Kier molecular flexibility index (Phi) is 1.68. The summed E-state index contributed by atoms with van der Waals surface area (Å²) >= 11 is 0. The van der Waals surface area contributed by atoms with Crippen LogP contribution in [0.3, 0.4) is 0 Å². The zero-order valence-corrected chi connectivity index (χ0v) is 6.96. The number of benzene rings is 1. The van der Waals surface area contributed by atoms with Crippen LogP contribution in [0.2, 0.25) is 0 Å². The van der Waals surface area contributed by atoms with Gasteiger partial charge in [-0.05, 0) is 48.9 Å². The maximum atomic E-state index is 9.46. The Balaban J connectivity index is 2.21. The van der Waals surface area contributed by atoms with E-state index in [0.717, 1.165) is 23.6 Å². The first-order valence-corrected chi connectivity index (χ1v) is 4.33. The van der Waals surface area contributed by atoms with E-state index in [9.17, 15) is 5.11 Å². The molecule has 2 nitrogen and oxygen atoms in total. The third-order valence-electron chi connectivity index (χ3n) is 2.31. The molecule has 3 N–H and O–H groups in total. The number of aromatic hydroxyl groups is 1. The van der Waals surface area contributed by atoms with Crippen LogP contribution in [0.5, 0.6) is 5.75 Å². The Labute approximate surface area is 72.0 Å². The molecule has 0 aliphatic heterocycles. The molecule has 0 radical (unpaired) electrons. The Bertz CT molecular complexity index is 292. The highest BCUT2D eigenvalue weighted by molar-refractivity contribution is 5.47. The quantitative estimate of drug-likeness (QED) is 0.517. The minimum atomic E-state index is 0.385. The second-order valence-electron chi connectivity index (χ2n) is 3.54. The molecular weight excluding hydrogens is 150 g/mol. The lowest BCUT2D eigenvalue weighted by molar-refractivity contribution is 0.466. The molecule has 2 rings (SSSR count). The highest BCUT2D eigenvalue weighted by atomic mass is 16.3. The lowest BCUT2D eigenvalue weighted by atomic mass is 10.1. The second kappa shape index (κ2) is 2.70. The number of phenols is 1. The van der Waals surface area contributed by atoms with Crippen LogP contribution >= 0.6 is 0 Å². The van der Waals surface area contributed by atoms with Gasteiger partial charge in [0.25, 0.3) is 0 Å². The van der Waals surface area contributed by atoms with Crippen LogP contribution in [-0.4, -0.2) is 5.11 Å². The molecule has 1 saturated carbocycles. The minimum Gasteiger partial charge on any atom is -0.508 e. The summed E-state index contributed by atoms with van der Waals surface area (Å²) in [6, 6.07) is 5.27. The second-order valence-corrected chi connectivity index (χ2v) is 3.54. The van der Waals surface area contributed by atoms with Crippen molar-refractivity contribution in [3.8, 4) is 5.75 Å². The van der Waals surface area contributed by atoms with E-state index in [1.165, 1.54) is 12.8 Å². The molecule has 12 heavy (non-hydrogen) atoms. The van der Waals surface area contributed by atoms with Crippen molar-refractivity contribution in [3.05, 3.63) is 23.8 Å². The van der Waals surface area contributed by atoms with Crippen molar-refractivity contribution >= 4 is 5.69 Å². The Morgan fingerprint density at radius 1 is 1.42 bits per heavy atom. The normalized spacial score (nSPS) is 16.3. The van der Waals surface area contributed by atoms with Crippen molar-refractivity contribution in [2.45, 2.75) is 19.3 Å². The monoisotopic (exact) mass is 163 g/mol. The molecule has 0 aromatic heterocycles. The maximum Gasteiger partial charge on any atom is 0.118 e. The van der Waals surface area contributed by atoms with Gasteiger partial charge in [0.2, 0.25) is 0 Å². The average molecular weight is 163 g/mol. The molecule has 64 valence electrons. The Morgan fingerprint density at radius 3 is 2.83 bits per heavy atom. The van der Waals surface area contributed by atoms with Gasteiger partial charge in [0.1, 0.15) is 5.75 Å². The zero-order valence-electron chi connectivity index (χ0n) is 6.96. The lowest BCUT2D eigenvalue weighted by Gasteiger charge is -2.03. The number of hydrogen-bond acceptors (Lipinski definition) is 2. The van der Waals surface area contributed by atoms with Crippen molar-refractivity contribution in [2.75, 3.05) is 5.73 Å². The molecule has 0 saturated heterocycles. The molecule has 0 bridgehead atoms. The predicted octanol–water partition coefficient (Wildman–Crippen LogP) is 1.93. The summed E-state index contributed by atoms with van der Waals surface area (Å²) in [6.45, 7) is 0. The van der Waals surface area contributed by atoms with E-state index >= 15 is 0 Å². The third-order valence-corrected chi connectivity index (χ3v) is 2.31. The SMILES string of the molecule is Nc1ccc(O)c(CC2CC2)c1. The van der Waals surface area contributed by atoms with E-state index in [0.29, 0.717) is 5.75 Å². The van der Waals surface area contributed by atoms with Crippen LogP contribution in [0, 0.1) is 5.92 Å². The van der Waals surface area contributed by atoms with Gasteiger partial charge in [0.15, 0.2) is 0 Å². The number of nitrogen functional groups attached to an aromatic ring is 1. The molecule has 0 amide bonds. The fraction of sp³-hybridized carbons (Fsp3) is 0.400. The number of hydrogen-bond donors (Lipinski definition) is 2. The highest BCUT2D eigenvalue weighted by Crippen LogP contribution is 2.35. The highest BCUT2D eigenvalue weighted by Gasteiger charge is 2.22. The predicted molar refractivity (Wildman–Crippen MR) is 48.9 cm³/mol. The van der Waals surface area contributed by atoms with Gasteiger partial charge < -0.3 is 10.8 Å². The molecule has 1 aromatic carbocycles. The van der Waals surface area contributed by atoms with Crippen LogP contribution in [0.25, 0.3) is 0 Å². The van der Waals surface area contributed by atoms with E-state index in [1.54, 1.807) is 12.1 Å². The van der Waals surface area contributed by atoms with Crippen molar-refractivity contribution in [1.82, 2.24) is 0 Å². The smallest absolute Gasteiger partial charge is 0.118 e. The van der Waals surface area contributed by atoms with Crippen molar-refractivity contribution in [3.63, 3.8) is 0 Å². The topological polar surface area (TPSA) is 46.2 Å². The Hall–Kier alpha value is -1.18. The number of rotatable bonds is 2. The van der Waals surface area contributed by atoms with Crippen molar-refractivity contribution in [2.24, 2.45) is 5.92 Å². The van der Waals surface area contributed by atoms with Gasteiger partial charge in [-0.3, -0.25) is 0 Å². The van der Waals surface area contributed by atoms with E-state index in [1.807, 2.05) is 6.07 Å². The number of phenolic OH excluding ortho intramolecular Hbond substituents is 1. The molecule has 0 atom stereocenters. The van der Waals surface area contributed by atoms with Crippen molar-refractivity contribution in [1.29, 1.82) is 0 Å². The molecule has 1 aliphatic rings. The number of anilines is 1. The fourth-order valence-corrected chi connectivity index (χ4v) is 1.40. The summed E-state index contributed by atoms with van der Waals surface area (Å²) in [7, 11) is 0. The maximum absolute atomic E-state index is 9.46. The van der Waals surface area contributed by atoms with Gasteiger partial charge >= 0.3 is 0 Å². The van der Waals surface area contributed by atoms with Crippen molar-refractivity contribution < 1.29 is 5.11 Å². The van der Waals surface area contributed by atoms with Crippen LogP contribution in [0.15, 0.2) is 18.2 Å². The zero-order chi connectivity index (χ0) is 8.55. The summed E-state index contributed by atoms with van der Waals surface area (Å²) in [5.74, 6) is 1.17. The van der Waals surface area contributed by atoms with Crippen LogP contribution < -0.4 is 5.73 Å². The minimum absolute atomic E-state index is 0.385. The molecule has 0 unspecified atom stereocenters. The van der Waals surface area contributed by atoms with Gasteiger partial charge in [-0.25, -0.2) is 0 Å². The summed E-state index contributed by atoms with van der Waals surface area (Å²) in [4.78, 5) is 0. The molecule has 2 heteroatoms. The standard InChI is InChI=1S/C10H13NO/c11-9-3-4-10(12)8(6-9)5-7-1-2-7/h3-4,6-7,12H,1-2,5,11H2. The molecular formula is C10H13NO. The van der Waals surface area contributed by atoms with E-state index < -0.39 is 0 Å². The summed E-state index contributed by atoms with van der Waals surface area (Å²) in [5, 5.41) is 9.46. The first kappa shape index (κ1) is 7.47. The van der Waals surface area contributed by atoms with Gasteiger partial charge in [-0.2, -0.15) is 0 Å². The molecule has 0 heterocycles. The van der Waals surface area contributed by atoms with Crippen LogP contribution in [-0.2, 0) is 6.42 Å². The summed E-state index contributed by atoms with van der Waals surface area (Å²) in [5.41, 5.74) is 7.35. The molecule has 0 spiro atoms. The summed E-state index contributed by atoms with van der Waals surface area (Å²) < 4.78 is 0. The molecule has 1 fully saturated rings. The van der Waals surface area contributed by atoms with E-state index in [4.69, 9.17) is 5.73 Å².